The Hall–Kier alpha value is -1.58. The maximum Gasteiger partial charge on any atom is 0.124 e. The zero-order chi connectivity index (χ0) is 15.2. The van der Waals surface area contributed by atoms with Crippen molar-refractivity contribution in [3.8, 4) is 5.75 Å². The molecule has 0 heterocycles. The van der Waals surface area contributed by atoms with Gasteiger partial charge in [-0.05, 0) is 43.2 Å². The van der Waals surface area contributed by atoms with E-state index in [0.717, 1.165) is 23.3 Å². The Bertz CT molecular complexity index is 586. The smallest absolute Gasteiger partial charge is 0.124 e. The van der Waals surface area contributed by atoms with Crippen molar-refractivity contribution >= 4 is 11.6 Å². The van der Waals surface area contributed by atoms with E-state index in [9.17, 15) is 4.39 Å². The van der Waals surface area contributed by atoms with Crippen molar-refractivity contribution in [1.82, 2.24) is 5.32 Å². The fourth-order valence-electron chi connectivity index (χ4n) is 2.22. The average molecular weight is 308 g/mol. The third kappa shape index (κ3) is 4.45. The Balaban J connectivity index is 1.95. The normalized spacial score (nSPS) is 12.2. The van der Waals surface area contributed by atoms with E-state index in [0.29, 0.717) is 11.6 Å². The molecule has 0 aliphatic heterocycles. The second kappa shape index (κ2) is 7.43. The van der Waals surface area contributed by atoms with Crippen LogP contribution >= 0.6 is 11.6 Å². The summed E-state index contributed by atoms with van der Waals surface area (Å²) >= 11 is 6.21. The summed E-state index contributed by atoms with van der Waals surface area (Å²) in [7, 11) is 1.64. The lowest BCUT2D eigenvalue weighted by molar-refractivity contribution is 0.405. The Morgan fingerprint density at radius 2 is 1.90 bits per heavy atom. The third-order valence-corrected chi connectivity index (χ3v) is 3.73. The molecule has 0 aliphatic carbocycles. The zero-order valence-electron chi connectivity index (χ0n) is 12.2. The summed E-state index contributed by atoms with van der Waals surface area (Å²) in [5.74, 6) is 0.573. The highest BCUT2D eigenvalue weighted by atomic mass is 35.5. The van der Waals surface area contributed by atoms with Crippen LogP contribution in [-0.2, 0) is 13.0 Å². The lowest BCUT2D eigenvalue weighted by Crippen LogP contribution is -2.27. The lowest BCUT2D eigenvalue weighted by Gasteiger charge is -2.16. The summed E-state index contributed by atoms with van der Waals surface area (Å²) in [5.41, 5.74) is 2.05. The minimum Gasteiger partial charge on any atom is -0.496 e. The van der Waals surface area contributed by atoms with Crippen molar-refractivity contribution < 1.29 is 9.13 Å². The first kappa shape index (κ1) is 15.8. The van der Waals surface area contributed by atoms with Crippen LogP contribution in [0.1, 0.15) is 18.1 Å². The maximum atomic E-state index is 12.9. The van der Waals surface area contributed by atoms with Gasteiger partial charge in [0.2, 0.25) is 0 Å². The van der Waals surface area contributed by atoms with E-state index in [1.807, 2.05) is 30.3 Å². The zero-order valence-corrected chi connectivity index (χ0v) is 13.0. The molecular weight excluding hydrogens is 289 g/mol. The Morgan fingerprint density at radius 1 is 1.19 bits per heavy atom. The molecule has 2 nitrogen and oxygen atoms in total. The molecule has 1 atom stereocenters. The van der Waals surface area contributed by atoms with Crippen LogP contribution in [0.4, 0.5) is 4.39 Å². The van der Waals surface area contributed by atoms with Crippen molar-refractivity contribution in [3.05, 3.63) is 64.4 Å². The number of hydrogen-bond donors (Lipinski definition) is 1. The van der Waals surface area contributed by atoms with Gasteiger partial charge in [-0.1, -0.05) is 29.8 Å². The number of benzene rings is 2. The first-order chi connectivity index (χ1) is 10.1. The molecular formula is C17H19ClFNO. The molecule has 2 rings (SSSR count). The van der Waals surface area contributed by atoms with Gasteiger partial charge in [0.1, 0.15) is 11.6 Å². The van der Waals surface area contributed by atoms with E-state index in [4.69, 9.17) is 16.3 Å². The molecule has 0 radical (unpaired) electrons. The monoisotopic (exact) mass is 307 g/mol. The van der Waals surface area contributed by atoms with E-state index in [1.165, 1.54) is 12.1 Å². The van der Waals surface area contributed by atoms with Gasteiger partial charge in [0, 0.05) is 23.2 Å². The number of halogens is 2. The van der Waals surface area contributed by atoms with E-state index >= 15 is 0 Å². The maximum absolute atomic E-state index is 12.9. The molecule has 112 valence electrons. The highest BCUT2D eigenvalue weighted by molar-refractivity contribution is 6.31. The van der Waals surface area contributed by atoms with Crippen molar-refractivity contribution in [2.45, 2.75) is 25.9 Å². The topological polar surface area (TPSA) is 21.3 Å². The van der Waals surface area contributed by atoms with Crippen LogP contribution < -0.4 is 10.1 Å². The number of methoxy groups -OCH3 is 1. The van der Waals surface area contributed by atoms with Crippen LogP contribution in [0, 0.1) is 5.82 Å². The summed E-state index contributed by atoms with van der Waals surface area (Å²) in [6.07, 6.45) is 0.826. The molecule has 0 amide bonds. The van der Waals surface area contributed by atoms with E-state index in [2.05, 4.69) is 12.2 Å². The van der Waals surface area contributed by atoms with Gasteiger partial charge in [0.15, 0.2) is 0 Å². The van der Waals surface area contributed by atoms with Crippen molar-refractivity contribution in [2.24, 2.45) is 0 Å². The molecule has 0 spiro atoms. The summed E-state index contributed by atoms with van der Waals surface area (Å²) in [6.45, 7) is 2.72. The lowest BCUT2D eigenvalue weighted by atomic mass is 10.1. The largest absolute Gasteiger partial charge is 0.496 e. The molecule has 0 aliphatic rings. The summed E-state index contributed by atoms with van der Waals surface area (Å²) in [4.78, 5) is 0. The highest BCUT2D eigenvalue weighted by Gasteiger charge is 2.09. The fourth-order valence-corrected chi connectivity index (χ4v) is 2.46. The molecule has 0 bridgehead atoms. The molecule has 4 heteroatoms. The molecule has 2 aromatic rings. The first-order valence-corrected chi connectivity index (χ1v) is 7.27. The first-order valence-electron chi connectivity index (χ1n) is 6.89. The molecule has 1 unspecified atom stereocenters. The summed E-state index contributed by atoms with van der Waals surface area (Å²) in [5, 5.41) is 4.11. The quantitative estimate of drug-likeness (QED) is 0.863. The van der Waals surface area contributed by atoms with Crippen molar-refractivity contribution in [1.29, 1.82) is 0 Å². The number of nitrogens with one attached hydrogen (secondary N) is 1. The molecule has 2 aromatic carbocycles. The molecule has 21 heavy (non-hydrogen) atoms. The van der Waals surface area contributed by atoms with Crippen LogP contribution in [0.2, 0.25) is 5.02 Å². The Kier molecular flexibility index (Phi) is 5.59. The molecule has 0 saturated heterocycles. The second-order valence-electron chi connectivity index (χ2n) is 5.03. The molecule has 0 aromatic heterocycles. The van der Waals surface area contributed by atoms with E-state index in [1.54, 1.807) is 7.11 Å². The highest BCUT2D eigenvalue weighted by Crippen LogP contribution is 2.26. The van der Waals surface area contributed by atoms with E-state index in [-0.39, 0.29) is 11.9 Å². The summed E-state index contributed by atoms with van der Waals surface area (Å²) < 4.78 is 18.2. The van der Waals surface area contributed by atoms with Gasteiger partial charge in [-0.15, -0.1) is 0 Å². The minimum atomic E-state index is -0.208. The van der Waals surface area contributed by atoms with Gasteiger partial charge in [-0.25, -0.2) is 4.39 Å². The third-order valence-electron chi connectivity index (χ3n) is 3.38. The number of hydrogen-bond acceptors (Lipinski definition) is 2. The van der Waals surface area contributed by atoms with Crippen LogP contribution in [0.5, 0.6) is 5.75 Å². The van der Waals surface area contributed by atoms with E-state index < -0.39 is 0 Å². The second-order valence-corrected chi connectivity index (χ2v) is 5.44. The SMILES string of the molecule is COc1cccc(Cl)c1CNC(C)Cc1ccc(F)cc1. The van der Waals surface area contributed by atoms with Gasteiger partial charge in [0.25, 0.3) is 0 Å². The Labute approximate surface area is 129 Å². The molecule has 0 saturated carbocycles. The minimum absolute atomic E-state index is 0.208. The Morgan fingerprint density at radius 3 is 2.57 bits per heavy atom. The van der Waals surface area contributed by atoms with Gasteiger partial charge in [-0.2, -0.15) is 0 Å². The fraction of sp³-hybridized carbons (Fsp3) is 0.294. The standard InChI is InChI=1S/C17H19ClFNO/c1-12(10-13-6-8-14(19)9-7-13)20-11-15-16(18)4-3-5-17(15)21-2/h3-9,12,20H,10-11H2,1-2H3. The van der Waals surface area contributed by atoms with Crippen LogP contribution in [0.3, 0.4) is 0 Å². The van der Waals surface area contributed by atoms with Crippen LogP contribution in [0.25, 0.3) is 0 Å². The molecule has 1 N–H and O–H groups in total. The average Bonchev–Trinajstić information content (AvgIpc) is 2.48. The van der Waals surface area contributed by atoms with Gasteiger partial charge in [-0.3, -0.25) is 0 Å². The van der Waals surface area contributed by atoms with Gasteiger partial charge >= 0.3 is 0 Å². The molecule has 0 fully saturated rings. The predicted octanol–water partition coefficient (Wildman–Crippen LogP) is 4.21. The number of ether oxygens (including phenoxy) is 1. The van der Waals surface area contributed by atoms with Gasteiger partial charge in [0.05, 0.1) is 7.11 Å². The van der Waals surface area contributed by atoms with Crippen molar-refractivity contribution in [3.63, 3.8) is 0 Å². The summed E-state index contributed by atoms with van der Waals surface area (Å²) in [6, 6.07) is 12.5. The predicted molar refractivity (Wildman–Crippen MR) is 84.4 cm³/mol. The number of rotatable bonds is 6. The van der Waals surface area contributed by atoms with Crippen LogP contribution in [0.15, 0.2) is 42.5 Å². The van der Waals surface area contributed by atoms with Crippen molar-refractivity contribution in [2.75, 3.05) is 7.11 Å². The van der Waals surface area contributed by atoms with Crippen LogP contribution in [-0.4, -0.2) is 13.2 Å². The van der Waals surface area contributed by atoms with Gasteiger partial charge < -0.3 is 10.1 Å².